The zero-order valence-electron chi connectivity index (χ0n) is 9.78. The predicted molar refractivity (Wildman–Crippen MR) is 63.8 cm³/mol. The highest BCUT2D eigenvalue weighted by atomic mass is 19.4. The van der Waals surface area contributed by atoms with Crippen LogP contribution in [0.25, 0.3) is 0 Å². The average molecular weight is 268 g/mol. The highest BCUT2D eigenvalue weighted by molar-refractivity contribution is 5.96. The number of halogens is 3. The summed E-state index contributed by atoms with van der Waals surface area (Å²) in [7, 11) is 0. The molecule has 1 aromatic heterocycles. The number of nitrogen functional groups attached to an aromatic ring is 1. The van der Waals surface area contributed by atoms with Gasteiger partial charge in [0.15, 0.2) is 5.69 Å². The Balaban J connectivity index is 2.27. The van der Waals surface area contributed by atoms with Crippen molar-refractivity contribution in [2.24, 2.45) is 5.73 Å². The fourth-order valence-electron chi connectivity index (χ4n) is 1.70. The van der Waals surface area contributed by atoms with Crippen molar-refractivity contribution >= 4 is 5.84 Å². The first-order valence-corrected chi connectivity index (χ1v) is 5.41. The molecule has 4 nitrogen and oxygen atoms in total. The van der Waals surface area contributed by atoms with Crippen LogP contribution in [0.3, 0.4) is 0 Å². The number of alkyl halides is 3. The molecule has 2 aromatic rings. The maximum atomic E-state index is 12.4. The van der Waals surface area contributed by atoms with E-state index < -0.39 is 11.9 Å². The monoisotopic (exact) mass is 268 g/mol. The van der Waals surface area contributed by atoms with Crippen LogP contribution in [0.5, 0.6) is 0 Å². The van der Waals surface area contributed by atoms with Gasteiger partial charge < -0.3 is 5.73 Å². The maximum Gasteiger partial charge on any atom is 0.435 e. The van der Waals surface area contributed by atoms with Crippen LogP contribution in [0.4, 0.5) is 13.2 Å². The highest BCUT2D eigenvalue weighted by Gasteiger charge is 2.33. The van der Waals surface area contributed by atoms with Gasteiger partial charge in [-0.05, 0) is 11.6 Å². The molecule has 2 rings (SSSR count). The number of hydrogen-bond acceptors (Lipinski definition) is 2. The molecule has 0 saturated carbocycles. The smallest absolute Gasteiger partial charge is 0.384 e. The van der Waals surface area contributed by atoms with Crippen LogP contribution < -0.4 is 5.73 Å². The van der Waals surface area contributed by atoms with Crippen molar-refractivity contribution in [1.82, 2.24) is 9.78 Å². The molecular formula is C12H11F3N4. The summed E-state index contributed by atoms with van der Waals surface area (Å²) in [6.45, 7) is 0.131. The summed E-state index contributed by atoms with van der Waals surface area (Å²) in [5, 5.41) is 10.9. The van der Waals surface area contributed by atoms with E-state index in [1.54, 1.807) is 24.3 Å². The van der Waals surface area contributed by atoms with E-state index >= 15 is 0 Å². The number of nitrogens with zero attached hydrogens (tertiary/aromatic N) is 2. The molecule has 0 saturated heterocycles. The number of rotatable bonds is 3. The lowest BCUT2D eigenvalue weighted by atomic mass is 10.1. The van der Waals surface area contributed by atoms with Crippen molar-refractivity contribution in [2.75, 3.05) is 0 Å². The average Bonchev–Trinajstić information content (AvgIpc) is 2.77. The molecule has 0 fully saturated rings. The van der Waals surface area contributed by atoms with Gasteiger partial charge in [-0.1, -0.05) is 24.3 Å². The van der Waals surface area contributed by atoms with Crippen molar-refractivity contribution in [3.8, 4) is 0 Å². The van der Waals surface area contributed by atoms with E-state index in [1.165, 1.54) is 10.9 Å². The molecule has 0 unspecified atom stereocenters. The third-order valence-electron chi connectivity index (χ3n) is 2.57. The summed E-state index contributed by atoms with van der Waals surface area (Å²) in [5.41, 5.74) is 5.62. The number of hydrogen-bond donors (Lipinski definition) is 2. The Hall–Kier alpha value is -2.31. The molecule has 19 heavy (non-hydrogen) atoms. The number of amidine groups is 1. The summed E-state index contributed by atoms with van der Waals surface area (Å²) in [4.78, 5) is 0. The third-order valence-corrected chi connectivity index (χ3v) is 2.57. The van der Waals surface area contributed by atoms with Gasteiger partial charge in [0.1, 0.15) is 5.84 Å². The van der Waals surface area contributed by atoms with Crippen LogP contribution in [0.2, 0.25) is 0 Å². The predicted octanol–water partition coefficient (Wildman–Crippen LogP) is 2.23. The minimum absolute atomic E-state index is 0.126. The number of benzene rings is 1. The molecule has 0 aliphatic rings. The summed E-state index contributed by atoms with van der Waals surface area (Å²) < 4.78 is 38.4. The Labute approximate surface area is 107 Å². The molecule has 0 aliphatic carbocycles. The SMILES string of the molecule is N=C(N)c1ccccc1Cn1ccc(C(F)(F)F)n1. The fraction of sp³-hybridized carbons (Fsp3) is 0.167. The number of nitrogens with one attached hydrogen (secondary N) is 1. The van der Waals surface area contributed by atoms with E-state index in [0.29, 0.717) is 11.1 Å². The molecule has 0 aliphatic heterocycles. The topological polar surface area (TPSA) is 67.7 Å². The molecule has 1 heterocycles. The summed E-state index contributed by atoms with van der Waals surface area (Å²) in [5.74, 6) is -0.126. The molecule has 0 radical (unpaired) electrons. The minimum atomic E-state index is -4.45. The van der Waals surface area contributed by atoms with Crippen molar-refractivity contribution < 1.29 is 13.2 Å². The second-order valence-electron chi connectivity index (χ2n) is 3.97. The molecule has 3 N–H and O–H groups in total. The van der Waals surface area contributed by atoms with Gasteiger partial charge in [0, 0.05) is 11.8 Å². The van der Waals surface area contributed by atoms with Gasteiger partial charge in [0.05, 0.1) is 6.54 Å². The van der Waals surface area contributed by atoms with Gasteiger partial charge in [-0.2, -0.15) is 18.3 Å². The fourth-order valence-corrected chi connectivity index (χ4v) is 1.70. The van der Waals surface area contributed by atoms with Crippen LogP contribution in [0, 0.1) is 5.41 Å². The lowest BCUT2D eigenvalue weighted by Gasteiger charge is -2.08. The van der Waals surface area contributed by atoms with Crippen molar-refractivity contribution in [1.29, 1.82) is 5.41 Å². The quantitative estimate of drug-likeness (QED) is 0.662. The second-order valence-corrected chi connectivity index (χ2v) is 3.97. The van der Waals surface area contributed by atoms with Crippen molar-refractivity contribution in [2.45, 2.75) is 12.7 Å². The highest BCUT2D eigenvalue weighted by Crippen LogP contribution is 2.27. The van der Waals surface area contributed by atoms with Crippen LogP contribution in [0.15, 0.2) is 36.5 Å². The normalized spacial score (nSPS) is 11.5. The van der Waals surface area contributed by atoms with Gasteiger partial charge in [-0.3, -0.25) is 10.1 Å². The largest absolute Gasteiger partial charge is 0.435 e. The molecule has 0 atom stereocenters. The molecular weight excluding hydrogens is 257 g/mol. The maximum absolute atomic E-state index is 12.4. The zero-order chi connectivity index (χ0) is 14.0. The zero-order valence-corrected chi connectivity index (χ0v) is 9.78. The van der Waals surface area contributed by atoms with E-state index in [9.17, 15) is 13.2 Å². The van der Waals surface area contributed by atoms with E-state index in [2.05, 4.69) is 5.10 Å². The third kappa shape index (κ3) is 2.93. The van der Waals surface area contributed by atoms with E-state index in [-0.39, 0.29) is 12.4 Å². The standard InChI is InChI=1S/C12H11F3N4/c13-12(14,15)10-5-6-19(18-10)7-8-3-1-2-4-9(8)11(16)17/h1-6H,7H2,(H3,16,17). The Bertz CT molecular complexity index is 601. The molecule has 1 aromatic carbocycles. The van der Waals surface area contributed by atoms with Crippen LogP contribution in [-0.2, 0) is 12.7 Å². The second kappa shape index (κ2) is 4.75. The Morgan fingerprint density at radius 2 is 1.95 bits per heavy atom. The van der Waals surface area contributed by atoms with E-state index in [4.69, 9.17) is 11.1 Å². The Morgan fingerprint density at radius 3 is 2.53 bits per heavy atom. The molecule has 0 bridgehead atoms. The van der Waals surface area contributed by atoms with Gasteiger partial charge in [0.2, 0.25) is 0 Å². The minimum Gasteiger partial charge on any atom is -0.384 e. The summed E-state index contributed by atoms with van der Waals surface area (Å²) >= 11 is 0. The Morgan fingerprint density at radius 1 is 1.26 bits per heavy atom. The van der Waals surface area contributed by atoms with Crippen molar-refractivity contribution in [3.63, 3.8) is 0 Å². The number of aromatic nitrogens is 2. The van der Waals surface area contributed by atoms with Gasteiger partial charge in [0.25, 0.3) is 0 Å². The van der Waals surface area contributed by atoms with Crippen LogP contribution >= 0.6 is 0 Å². The molecule has 0 amide bonds. The van der Waals surface area contributed by atoms with Crippen LogP contribution in [-0.4, -0.2) is 15.6 Å². The van der Waals surface area contributed by atoms with Gasteiger partial charge in [-0.25, -0.2) is 0 Å². The van der Waals surface area contributed by atoms with E-state index in [1.807, 2.05) is 0 Å². The van der Waals surface area contributed by atoms with Crippen LogP contribution in [0.1, 0.15) is 16.8 Å². The summed E-state index contributed by atoms with van der Waals surface area (Å²) in [6.07, 6.45) is -3.20. The summed E-state index contributed by atoms with van der Waals surface area (Å²) in [6, 6.07) is 7.70. The van der Waals surface area contributed by atoms with E-state index in [0.717, 1.165) is 6.07 Å². The lowest BCUT2D eigenvalue weighted by Crippen LogP contribution is -2.15. The van der Waals surface area contributed by atoms with Gasteiger partial charge in [-0.15, -0.1) is 0 Å². The van der Waals surface area contributed by atoms with Crippen molar-refractivity contribution in [3.05, 3.63) is 53.3 Å². The first-order chi connectivity index (χ1) is 8.88. The first-order valence-electron chi connectivity index (χ1n) is 5.41. The molecule has 7 heteroatoms. The Kier molecular flexibility index (Phi) is 3.28. The number of nitrogens with two attached hydrogens (primary N) is 1. The lowest BCUT2D eigenvalue weighted by molar-refractivity contribution is -0.141. The van der Waals surface area contributed by atoms with Gasteiger partial charge >= 0.3 is 6.18 Å². The first kappa shape index (κ1) is 13.1. The molecule has 100 valence electrons. The molecule has 0 spiro atoms.